The van der Waals surface area contributed by atoms with Crippen molar-refractivity contribution in [3.05, 3.63) is 58.6 Å². The SMILES string of the molecule is COc1ccc(CNc2ccc(Cl)cc2)cc1C(N)=NO. The van der Waals surface area contributed by atoms with E-state index in [0.717, 1.165) is 11.3 Å². The summed E-state index contributed by atoms with van der Waals surface area (Å²) in [4.78, 5) is 0. The monoisotopic (exact) mass is 305 g/mol. The van der Waals surface area contributed by atoms with Gasteiger partial charge >= 0.3 is 0 Å². The van der Waals surface area contributed by atoms with Gasteiger partial charge in [0, 0.05) is 17.3 Å². The average molecular weight is 306 g/mol. The molecule has 5 nitrogen and oxygen atoms in total. The lowest BCUT2D eigenvalue weighted by atomic mass is 10.1. The van der Waals surface area contributed by atoms with E-state index in [1.54, 1.807) is 6.07 Å². The van der Waals surface area contributed by atoms with Gasteiger partial charge in [0.25, 0.3) is 0 Å². The van der Waals surface area contributed by atoms with Crippen molar-refractivity contribution in [2.24, 2.45) is 10.9 Å². The second-order valence-corrected chi connectivity index (χ2v) is 4.82. The molecule has 2 aromatic carbocycles. The van der Waals surface area contributed by atoms with Crippen LogP contribution in [0.3, 0.4) is 0 Å². The molecular formula is C15H16ClN3O2. The minimum Gasteiger partial charge on any atom is -0.496 e. The first kappa shape index (κ1) is 15.0. The number of rotatable bonds is 5. The van der Waals surface area contributed by atoms with Gasteiger partial charge in [-0.1, -0.05) is 22.8 Å². The summed E-state index contributed by atoms with van der Waals surface area (Å²) in [6.45, 7) is 0.595. The third kappa shape index (κ3) is 3.79. The highest BCUT2D eigenvalue weighted by Crippen LogP contribution is 2.21. The molecule has 0 heterocycles. The Kier molecular flexibility index (Phi) is 4.90. The molecule has 0 fully saturated rings. The first-order chi connectivity index (χ1) is 10.1. The van der Waals surface area contributed by atoms with E-state index in [-0.39, 0.29) is 5.84 Å². The highest BCUT2D eigenvalue weighted by Gasteiger charge is 2.09. The standard InChI is InChI=1S/C15H16ClN3O2/c1-21-14-7-2-10(8-13(14)15(17)19-20)9-18-12-5-3-11(16)4-6-12/h2-8,18,20H,9H2,1H3,(H2,17,19). The number of hydrogen-bond acceptors (Lipinski definition) is 4. The van der Waals surface area contributed by atoms with E-state index in [4.69, 9.17) is 27.3 Å². The van der Waals surface area contributed by atoms with Crippen LogP contribution in [0.25, 0.3) is 0 Å². The Morgan fingerprint density at radius 2 is 2.00 bits per heavy atom. The van der Waals surface area contributed by atoms with Crippen molar-refractivity contribution in [2.45, 2.75) is 6.54 Å². The van der Waals surface area contributed by atoms with Crippen molar-refractivity contribution < 1.29 is 9.94 Å². The summed E-state index contributed by atoms with van der Waals surface area (Å²) in [5.74, 6) is 0.570. The smallest absolute Gasteiger partial charge is 0.173 e. The molecule has 0 saturated heterocycles. The topological polar surface area (TPSA) is 79.9 Å². The first-order valence-electron chi connectivity index (χ1n) is 6.28. The molecule has 2 rings (SSSR count). The Morgan fingerprint density at radius 1 is 1.29 bits per heavy atom. The van der Waals surface area contributed by atoms with Crippen molar-refractivity contribution in [2.75, 3.05) is 12.4 Å². The van der Waals surface area contributed by atoms with Crippen LogP contribution in [-0.4, -0.2) is 18.2 Å². The van der Waals surface area contributed by atoms with Gasteiger partial charge in [-0.2, -0.15) is 0 Å². The number of ether oxygens (including phenoxy) is 1. The number of nitrogens with zero attached hydrogens (tertiary/aromatic N) is 1. The Balaban J connectivity index is 2.15. The highest BCUT2D eigenvalue weighted by atomic mass is 35.5. The summed E-state index contributed by atoms with van der Waals surface area (Å²) < 4.78 is 5.19. The predicted molar refractivity (Wildman–Crippen MR) is 84.3 cm³/mol. The molecule has 2 aromatic rings. The number of halogens is 1. The summed E-state index contributed by atoms with van der Waals surface area (Å²) in [7, 11) is 1.54. The van der Waals surface area contributed by atoms with Crippen LogP contribution in [0.1, 0.15) is 11.1 Å². The summed E-state index contributed by atoms with van der Waals surface area (Å²) in [6.07, 6.45) is 0. The summed E-state index contributed by atoms with van der Waals surface area (Å²) in [5.41, 5.74) is 8.14. The normalized spacial score (nSPS) is 11.2. The van der Waals surface area contributed by atoms with Crippen molar-refractivity contribution in [1.82, 2.24) is 0 Å². The second-order valence-electron chi connectivity index (χ2n) is 4.38. The van der Waals surface area contributed by atoms with Gasteiger partial charge in [0.05, 0.1) is 12.7 Å². The van der Waals surface area contributed by atoms with E-state index < -0.39 is 0 Å². The molecule has 0 radical (unpaired) electrons. The summed E-state index contributed by atoms with van der Waals surface area (Å²) in [6, 6.07) is 12.9. The third-order valence-corrected chi connectivity index (χ3v) is 3.24. The van der Waals surface area contributed by atoms with Crippen LogP contribution in [0, 0.1) is 0 Å². The minimum absolute atomic E-state index is 0.0141. The van der Waals surface area contributed by atoms with Gasteiger partial charge < -0.3 is 21.0 Å². The van der Waals surface area contributed by atoms with Crippen LogP contribution in [-0.2, 0) is 6.54 Å². The lowest BCUT2D eigenvalue weighted by molar-refractivity contribution is 0.318. The van der Waals surface area contributed by atoms with Crippen LogP contribution >= 0.6 is 11.6 Å². The lowest BCUT2D eigenvalue weighted by Crippen LogP contribution is -2.15. The van der Waals surface area contributed by atoms with Gasteiger partial charge in [-0.25, -0.2) is 0 Å². The van der Waals surface area contributed by atoms with Crippen molar-refractivity contribution in [1.29, 1.82) is 0 Å². The number of benzene rings is 2. The zero-order chi connectivity index (χ0) is 15.2. The molecule has 0 spiro atoms. The van der Waals surface area contributed by atoms with E-state index in [9.17, 15) is 0 Å². The van der Waals surface area contributed by atoms with Crippen LogP contribution in [0.2, 0.25) is 5.02 Å². The first-order valence-corrected chi connectivity index (χ1v) is 6.66. The lowest BCUT2D eigenvalue weighted by Gasteiger charge is -2.11. The maximum absolute atomic E-state index is 8.81. The average Bonchev–Trinajstić information content (AvgIpc) is 2.53. The fourth-order valence-corrected chi connectivity index (χ4v) is 2.02. The van der Waals surface area contributed by atoms with Crippen molar-refractivity contribution in [3.63, 3.8) is 0 Å². The molecule has 6 heteroatoms. The van der Waals surface area contributed by atoms with Crippen LogP contribution in [0.5, 0.6) is 5.75 Å². The van der Waals surface area contributed by atoms with E-state index in [1.165, 1.54) is 7.11 Å². The molecule has 110 valence electrons. The fourth-order valence-electron chi connectivity index (χ4n) is 1.89. The predicted octanol–water partition coefficient (Wildman–Crippen LogP) is 3.06. The molecular weight excluding hydrogens is 290 g/mol. The molecule has 0 aliphatic rings. The number of nitrogens with two attached hydrogens (primary N) is 1. The Labute approximate surface area is 128 Å². The number of methoxy groups -OCH3 is 1. The molecule has 0 aliphatic carbocycles. The third-order valence-electron chi connectivity index (χ3n) is 2.99. The van der Waals surface area contributed by atoms with E-state index in [2.05, 4.69) is 10.5 Å². The van der Waals surface area contributed by atoms with Gasteiger partial charge in [-0.3, -0.25) is 0 Å². The number of hydrogen-bond donors (Lipinski definition) is 3. The molecule has 4 N–H and O–H groups in total. The van der Waals surface area contributed by atoms with Crippen LogP contribution < -0.4 is 15.8 Å². The number of nitrogens with one attached hydrogen (secondary N) is 1. The fraction of sp³-hybridized carbons (Fsp3) is 0.133. The van der Waals surface area contributed by atoms with E-state index in [0.29, 0.717) is 22.9 Å². The molecule has 0 aromatic heterocycles. The second kappa shape index (κ2) is 6.85. The van der Waals surface area contributed by atoms with E-state index in [1.807, 2.05) is 36.4 Å². The minimum atomic E-state index is 0.0141. The number of amidine groups is 1. The van der Waals surface area contributed by atoms with E-state index >= 15 is 0 Å². The molecule has 0 unspecified atom stereocenters. The van der Waals surface area contributed by atoms with Crippen LogP contribution in [0.4, 0.5) is 5.69 Å². The van der Waals surface area contributed by atoms with Crippen LogP contribution in [0.15, 0.2) is 47.6 Å². The van der Waals surface area contributed by atoms with Gasteiger partial charge in [0.1, 0.15) is 5.75 Å². The molecule has 21 heavy (non-hydrogen) atoms. The highest BCUT2D eigenvalue weighted by molar-refractivity contribution is 6.30. The maximum Gasteiger partial charge on any atom is 0.173 e. The Bertz CT molecular complexity index is 642. The largest absolute Gasteiger partial charge is 0.496 e. The molecule has 0 aliphatic heterocycles. The van der Waals surface area contributed by atoms with Crippen molar-refractivity contribution >= 4 is 23.1 Å². The summed E-state index contributed by atoms with van der Waals surface area (Å²) in [5, 5.41) is 15.8. The van der Waals surface area contributed by atoms with Crippen molar-refractivity contribution in [3.8, 4) is 5.75 Å². The van der Waals surface area contributed by atoms with Gasteiger partial charge in [-0.15, -0.1) is 0 Å². The zero-order valence-corrected chi connectivity index (χ0v) is 12.3. The molecule has 0 atom stereocenters. The Morgan fingerprint density at radius 3 is 2.62 bits per heavy atom. The van der Waals surface area contributed by atoms with Gasteiger partial charge in [-0.05, 0) is 42.0 Å². The summed E-state index contributed by atoms with van der Waals surface area (Å²) >= 11 is 5.84. The Hall–Kier alpha value is -2.40. The molecule has 0 saturated carbocycles. The maximum atomic E-state index is 8.81. The number of anilines is 1. The molecule has 0 bridgehead atoms. The zero-order valence-electron chi connectivity index (χ0n) is 11.5. The number of oxime groups is 1. The quantitative estimate of drug-likeness (QED) is 0.343. The van der Waals surface area contributed by atoms with Gasteiger partial charge in [0.15, 0.2) is 5.84 Å². The molecule has 0 amide bonds. The van der Waals surface area contributed by atoms with Gasteiger partial charge in [0.2, 0.25) is 0 Å².